The van der Waals surface area contributed by atoms with Crippen LogP contribution in [-0.4, -0.2) is 25.2 Å². The highest BCUT2D eigenvalue weighted by atomic mass is 35.5. The molecule has 1 atom stereocenters. The minimum atomic E-state index is -0.590. The number of nitrogens with one attached hydrogen (secondary N) is 1. The summed E-state index contributed by atoms with van der Waals surface area (Å²) in [4.78, 5) is 12.0. The Hall–Kier alpha value is -2.20. The summed E-state index contributed by atoms with van der Waals surface area (Å²) in [6.07, 6.45) is -0.590. The predicted octanol–water partition coefficient (Wildman–Crippen LogP) is 3.92. The molecular weight excluding hydrogens is 326 g/mol. The van der Waals surface area contributed by atoms with E-state index in [9.17, 15) is 4.79 Å². The Morgan fingerprint density at radius 2 is 1.88 bits per heavy atom. The normalized spacial score (nSPS) is 11.7. The van der Waals surface area contributed by atoms with Crippen LogP contribution in [0.5, 0.6) is 11.5 Å². The van der Waals surface area contributed by atoms with Crippen LogP contribution in [0, 0.1) is 13.8 Å². The lowest BCUT2D eigenvalue weighted by Gasteiger charge is -2.15. The van der Waals surface area contributed by atoms with Crippen LogP contribution in [0.4, 0.5) is 0 Å². The first-order valence-corrected chi connectivity index (χ1v) is 8.23. The van der Waals surface area contributed by atoms with Gasteiger partial charge in [0.2, 0.25) is 0 Å². The molecule has 1 unspecified atom stereocenters. The molecule has 0 heterocycles. The molecule has 0 spiro atoms. The van der Waals surface area contributed by atoms with Gasteiger partial charge in [0.15, 0.2) is 6.10 Å². The Morgan fingerprint density at radius 3 is 2.54 bits per heavy atom. The second kappa shape index (κ2) is 8.60. The van der Waals surface area contributed by atoms with E-state index in [1.54, 1.807) is 31.2 Å². The van der Waals surface area contributed by atoms with E-state index in [0.717, 1.165) is 11.3 Å². The van der Waals surface area contributed by atoms with Gasteiger partial charge in [0.05, 0.1) is 6.54 Å². The van der Waals surface area contributed by atoms with Crippen molar-refractivity contribution >= 4 is 17.5 Å². The number of aryl methyl sites for hydroxylation is 2. The van der Waals surface area contributed by atoms with Crippen molar-refractivity contribution in [2.45, 2.75) is 26.9 Å². The Kier molecular flexibility index (Phi) is 6.50. The lowest BCUT2D eigenvalue weighted by Crippen LogP contribution is -2.38. The van der Waals surface area contributed by atoms with Gasteiger partial charge >= 0.3 is 0 Å². The topological polar surface area (TPSA) is 47.6 Å². The molecule has 24 heavy (non-hydrogen) atoms. The van der Waals surface area contributed by atoms with Gasteiger partial charge in [-0.1, -0.05) is 29.3 Å². The fourth-order valence-corrected chi connectivity index (χ4v) is 2.34. The molecule has 5 heteroatoms. The summed E-state index contributed by atoms with van der Waals surface area (Å²) in [5.41, 5.74) is 2.28. The van der Waals surface area contributed by atoms with Gasteiger partial charge in [0, 0.05) is 5.02 Å². The number of carbonyl (C=O) groups is 1. The summed E-state index contributed by atoms with van der Waals surface area (Å²) in [5.74, 6) is 1.25. The molecule has 1 amide bonds. The van der Waals surface area contributed by atoms with Crippen molar-refractivity contribution in [1.82, 2.24) is 5.32 Å². The van der Waals surface area contributed by atoms with Crippen LogP contribution in [0.2, 0.25) is 5.02 Å². The first-order chi connectivity index (χ1) is 11.5. The molecule has 0 aliphatic heterocycles. The maximum absolute atomic E-state index is 12.0. The smallest absolute Gasteiger partial charge is 0.260 e. The average Bonchev–Trinajstić information content (AvgIpc) is 2.55. The van der Waals surface area contributed by atoms with Crippen LogP contribution in [0.25, 0.3) is 0 Å². The van der Waals surface area contributed by atoms with Gasteiger partial charge in [-0.3, -0.25) is 4.79 Å². The van der Waals surface area contributed by atoms with Crippen LogP contribution in [-0.2, 0) is 4.79 Å². The van der Waals surface area contributed by atoms with Gasteiger partial charge in [0.25, 0.3) is 5.91 Å². The SMILES string of the molecule is Cc1ccc(OCCNC(=O)C(C)Oc2ccc(Cl)cc2)c(C)c1. The number of carbonyl (C=O) groups excluding carboxylic acids is 1. The van der Waals surface area contributed by atoms with E-state index >= 15 is 0 Å². The Morgan fingerprint density at radius 1 is 1.17 bits per heavy atom. The third-order valence-corrected chi connectivity index (χ3v) is 3.74. The second-order valence-electron chi connectivity index (χ2n) is 5.62. The van der Waals surface area contributed by atoms with E-state index in [2.05, 4.69) is 11.4 Å². The maximum Gasteiger partial charge on any atom is 0.260 e. The molecule has 2 aromatic rings. The lowest BCUT2D eigenvalue weighted by molar-refractivity contribution is -0.127. The van der Waals surface area contributed by atoms with Crippen LogP contribution in [0.3, 0.4) is 0 Å². The maximum atomic E-state index is 12.0. The third kappa shape index (κ3) is 5.46. The van der Waals surface area contributed by atoms with Crippen molar-refractivity contribution in [2.75, 3.05) is 13.2 Å². The molecule has 0 saturated carbocycles. The first-order valence-electron chi connectivity index (χ1n) is 7.85. The summed E-state index contributed by atoms with van der Waals surface area (Å²) in [7, 11) is 0. The van der Waals surface area contributed by atoms with Crippen LogP contribution < -0.4 is 14.8 Å². The number of hydrogen-bond donors (Lipinski definition) is 1. The van der Waals surface area contributed by atoms with Crippen LogP contribution in [0.15, 0.2) is 42.5 Å². The van der Waals surface area contributed by atoms with Gasteiger partial charge in [0.1, 0.15) is 18.1 Å². The van der Waals surface area contributed by atoms with Crippen molar-refractivity contribution in [2.24, 2.45) is 0 Å². The van der Waals surface area contributed by atoms with Gasteiger partial charge in [-0.2, -0.15) is 0 Å². The van der Waals surface area contributed by atoms with E-state index in [-0.39, 0.29) is 5.91 Å². The molecule has 0 aliphatic rings. The van der Waals surface area contributed by atoms with Gasteiger partial charge in [-0.25, -0.2) is 0 Å². The number of amides is 1. The molecule has 4 nitrogen and oxygen atoms in total. The van der Waals surface area contributed by atoms with Gasteiger partial charge < -0.3 is 14.8 Å². The summed E-state index contributed by atoms with van der Waals surface area (Å²) >= 11 is 5.82. The van der Waals surface area contributed by atoms with Crippen LogP contribution >= 0.6 is 11.6 Å². The Balaban J connectivity index is 1.73. The van der Waals surface area contributed by atoms with Crippen molar-refractivity contribution in [3.05, 3.63) is 58.6 Å². The molecule has 0 bridgehead atoms. The molecule has 0 aliphatic carbocycles. The van der Waals surface area contributed by atoms with E-state index < -0.39 is 6.10 Å². The predicted molar refractivity (Wildman–Crippen MR) is 96.0 cm³/mol. The van der Waals surface area contributed by atoms with Crippen LogP contribution in [0.1, 0.15) is 18.1 Å². The van der Waals surface area contributed by atoms with E-state index in [1.807, 2.05) is 26.0 Å². The minimum Gasteiger partial charge on any atom is -0.491 e. The van der Waals surface area contributed by atoms with E-state index in [0.29, 0.717) is 23.9 Å². The highest BCUT2D eigenvalue weighted by Crippen LogP contribution is 2.18. The molecule has 128 valence electrons. The number of hydrogen-bond acceptors (Lipinski definition) is 3. The van der Waals surface area contributed by atoms with Crippen molar-refractivity contribution in [1.29, 1.82) is 0 Å². The number of benzene rings is 2. The summed E-state index contributed by atoms with van der Waals surface area (Å²) in [6.45, 7) is 6.57. The fourth-order valence-electron chi connectivity index (χ4n) is 2.21. The monoisotopic (exact) mass is 347 g/mol. The Labute approximate surface area is 147 Å². The van der Waals surface area contributed by atoms with E-state index in [1.165, 1.54) is 5.56 Å². The molecule has 0 aromatic heterocycles. The summed E-state index contributed by atoms with van der Waals surface area (Å²) in [5, 5.41) is 3.43. The van der Waals surface area contributed by atoms with Crippen molar-refractivity contribution in [3.8, 4) is 11.5 Å². The lowest BCUT2D eigenvalue weighted by atomic mass is 10.1. The van der Waals surface area contributed by atoms with Crippen molar-refractivity contribution < 1.29 is 14.3 Å². The zero-order valence-corrected chi connectivity index (χ0v) is 14.9. The average molecular weight is 348 g/mol. The number of ether oxygens (including phenoxy) is 2. The Bertz CT molecular complexity index is 686. The molecule has 0 fully saturated rings. The minimum absolute atomic E-state index is 0.186. The molecule has 2 aromatic carbocycles. The molecular formula is C19H22ClNO3. The highest BCUT2D eigenvalue weighted by molar-refractivity contribution is 6.30. The molecule has 0 radical (unpaired) electrons. The summed E-state index contributed by atoms with van der Waals surface area (Å²) < 4.78 is 11.3. The van der Waals surface area contributed by atoms with Gasteiger partial charge in [-0.15, -0.1) is 0 Å². The number of rotatable bonds is 7. The summed E-state index contributed by atoms with van der Waals surface area (Å²) in [6, 6.07) is 12.9. The van der Waals surface area contributed by atoms with Gasteiger partial charge in [-0.05, 0) is 56.7 Å². The van der Waals surface area contributed by atoms with Crippen molar-refractivity contribution in [3.63, 3.8) is 0 Å². The first kappa shape index (κ1) is 18.1. The highest BCUT2D eigenvalue weighted by Gasteiger charge is 2.14. The van der Waals surface area contributed by atoms with E-state index in [4.69, 9.17) is 21.1 Å². The number of halogens is 1. The largest absolute Gasteiger partial charge is 0.491 e. The fraction of sp³-hybridized carbons (Fsp3) is 0.316. The standard InChI is InChI=1S/C19H22ClNO3/c1-13-4-9-18(14(2)12-13)23-11-10-21-19(22)15(3)24-17-7-5-16(20)6-8-17/h4-9,12,15H,10-11H2,1-3H3,(H,21,22). The zero-order valence-electron chi connectivity index (χ0n) is 14.1. The zero-order chi connectivity index (χ0) is 17.5. The third-order valence-electron chi connectivity index (χ3n) is 3.49. The quantitative estimate of drug-likeness (QED) is 0.772. The molecule has 2 rings (SSSR count). The molecule has 0 saturated heterocycles. The molecule has 1 N–H and O–H groups in total. The second-order valence-corrected chi connectivity index (χ2v) is 6.06.